The third kappa shape index (κ3) is 2.20. The maximum Gasteiger partial charge on any atom is 0.309 e. The summed E-state index contributed by atoms with van der Waals surface area (Å²) >= 11 is 0. The highest BCUT2D eigenvalue weighted by Gasteiger charge is 2.06. The average molecular weight is 218 g/mol. The van der Waals surface area contributed by atoms with Gasteiger partial charge in [-0.3, -0.25) is 4.79 Å². The van der Waals surface area contributed by atoms with Gasteiger partial charge in [0.05, 0.1) is 6.42 Å². The number of carbonyl (C=O) groups is 1. The number of carboxylic acid groups (broad SMARTS) is 1. The summed E-state index contributed by atoms with van der Waals surface area (Å²) in [6, 6.07) is 6.51. The summed E-state index contributed by atoms with van der Waals surface area (Å²) in [4.78, 5) is 17.5. The maximum absolute atomic E-state index is 10.5. The van der Waals surface area contributed by atoms with Gasteiger partial charge in [0.1, 0.15) is 11.6 Å². The Hall–Kier alpha value is -2.30. The Labute approximate surface area is 91.4 Å². The van der Waals surface area contributed by atoms with E-state index in [9.17, 15) is 4.79 Å². The van der Waals surface area contributed by atoms with Gasteiger partial charge in [-0.1, -0.05) is 0 Å². The number of aromatic hydroxyl groups is 1. The third-order valence-electron chi connectivity index (χ3n) is 2.11. The Balaban J connectivity index is 2.24. The van der Waals surface area contributed by atoms with Crippen molar-refractivity contribution in [1.29, 1.82) is 0 Å². The van der Waals surface area contributed by atoms with Gasteiger partial charge in [-0.2, -0.15) is 0 Å². The number of phenols is 1. The maximum atomic E-state index is 10.5. The first kappa shape index (κ1) is 10.2. The molecule has 0 saturated heterocycles. The molecule has 2 rings (SSSR count). The van der Waals surface area contributed by atoms with E-state index in [4.69, 9.17) is 10.2 Å². The molecule has 0 bridgehead atoms. The lowest BCUT2D eigenvalue weighted by molar-refractivity contribution is -0.136. The predicted molar refractivity (Wildman–Crippen MR) is 57.0 cm³/mol. The number of imidazole rings is 1. The number of hydrogen-bond acceptors (Lipinski definition) is 3. The van der Waals surface area contributed by atoms with Crippen LogP contribution in [0.5, 0.6) is 5.75 Å². The fraction of sp³-hybridized carbons (Fsp3) is 0.0909. The zero-order valence-corrected chi connectivity index (χ0v) is 8.34. The summed E-state index contributed by atoms with van der Waals surface area (Å²) in [5.74, 6) is -0.127. The second kappa shape index (κ2) is 4.06. The van der Waals surface area contributed by atoms with Crippen LogP contribution in [0.4, 0.5) is 0 Å². The quantitative estimate of drug-likeness (QED) is 0.727. The highest BCUT2D eigenvalue weighted by atomic mass is 16.4. The van der Waals surface area contributed by atoms with Crippen molar-refractivity contribution in [2.24, 2.45) is 0 Å². The number of benzene rings is 1. The average Bonchev–Trinajstić information content (AvgIpc) is 2.66. The minimum Gasteiger partial charge on any atom is -0.508 e. The molecule has 0 unspecified atom stereocenters. The molecule has 1 aromatic carbocycles. The van der Waals surface area contributed by atoms with Crippen molar-refractivity contribution >= 4 is 5.97 Å². The smallest absolute Gasteiger partial charge is 0.309 e. The third-order valence-corrected chi connectivity index (χ3v) is 2.11. The molecule has 3 N–H and O–H groups in total. The number of carboxylic acids is 1. The van der Waals surface area contributed by atoms with Crippen LogP contribution in [-0.4, -0.2) is 26.2 Å². The van der Waals surface area contributed by atoms with Gasteiger partial charge >= 0.3 is 5.97 Å². The van der Waals surface area contributed by atoms with Gasteiger partial charge in [0.2, 0.25) is 0 Å². The monoisotopic (exact) mass is 218 g/mol. The molecule has 1 heterocycles. The van der Waals surface area contributed by atoms with Crippen molar-refractivity contribution in [2.45, 2.75) is 6.42 Å². The summed E-state index contributed by atoms with van der Waals surface area (Å²) in [6.07, 6.45) is 1.42. The van der Waals surface area contributed by atoms with E-state index in [0.29, 0.717) is 11.5 Å². The van der Waals surface area contributed by atoms with Crippen LogP contribution in [0.1, 0.15) is 5.69 Å². The number of aliphatic carboxylic acids is 1. The Bertz CT molecular complexity index is 502. The van der Waals surface area contributed by atoms with Crippen molar-refractivity contribution in [2.75, 3.05) is 0 Å². The molecule has 16 heavy (non-hydrogen) atoms. The lowest BCUT2D eigenvalue weighted by Crippen LogP contribution is -1.99. The van der Waals surface area contributed by atoms with Gasteiger partial charge in [0, 0.05) is 17.5 Å². The molecule has 5 heteroatoms. The van der Waals surface area contributed by atoms with Crippen LogP contribution in [-0.2, 0) is 11.2 Å². The van der Waals surface area contributed by atoms with E-state index in [1.54, 1.807) is 24.3 Å². The minimum atomic E-state index is -0.902. The van der Waals surface area contributed by atoms with E-state index in [1.165, 1.54) is 6.20 Å². The second-order valence-electron chi connectivity index (χ2n) is 3.37. The van der Waals surface area contributed by atoms with Crippen LogP contribution in [0.2, 0.25) is 0 Å². The van der Waals surface area contributed by atoms with E-state index in [-0.39, 0.29) is 12.2 Å². The first-order valence-electron chi connectivity index (χ1n) is 4.70. The van der Waals surface area contributed by atoms with E-state index in [1.807, 2.05) is 0 Å². The topological polar surface area (TPSA) is 86.2 Å². The molecule has 0 fully saturated rings. The van der Waals surface area contributed by atoms with Crippen molar-refractivity contribution in [1.82, 2.24) is 9.97 Å². The van der Waals surface area contributed by atoms with Gasteiger partial charge in [0.15, 0.2) is 0 Å². The molecule has 0 saturated carbocycles. The fourth-order valence-electron chi connectivity index (χ4n) is 1.38. The van der Waals surface area contributed by atoms with E-state index < -0.39 is 5.97 Å². The standard InChI is InChI=1S/C11H10N2O3/c14-9-3-1-7(2-4-9)11-12-6-8(13-11)5-10(15)16/h1-4,6,14H,5H2,(H,12,13)(H,15,16). The Morgan fingerprint density at radius 1 is 1.31 bits per heavy atom. The number of phenolic OH excluding ortho intramolecular Hbond substituents is 1. The highest BCUT2D eigenvalue weighted by Crippen LogP contribution is 2.18. The molecular formula is C11H10N2O3. The van der Waals surface area contributed by atoms with E-state index in [0.717, 1.165) is 5.56 Å². The molecule has 0 radical (unpaired) electrons. The molecule has 2 aromatic rings. The zero-order valence-electron chi connectivity index (χ0n) is 8.34. The lowest BCUT2D eigenvalue weighted by atomic mass is 10.2. The highest BCUT2D eigenvalue weighted by molar-refractivity contribution is 5.70. The van der Waals surface area contributed by atoms with Gasteiger partial charge in [-0.25, -0.2) is 4.98 Å². The zero-order chi connectivity index (χ0) is 11.5. The first-order valence-corrected chi connectivity index (χ1v) is 4.70. The van der Waals surface area contributed by atoms with Gasteiger partial charge in [0.25, 0.3) is 0 Å². The van der Waals surface area contributed by atoms with E-state index in [2.05, 4.69) is 9.97 Å². The molecule has 0 aliphatic carbocycles. The number of nitrogens with one attached hydrogen (secondary N) is 1. The number of rotatable bonds is 3. The SMILES string of the molecule is O=C(O)Cc1cnc(-c2ccc(O)cc2)[nH]1. The first-order chi connectivity index (χ1) is 7.65. The molecule has 5 nitrogen and oxygen atoms in total. The predicted octanol–water partition coefficient (Wildman–Crippen LogP) is 1.41. The van der Waals surface area contributed by atoms with Crippen LogP contribution in [0.15, 0.2) is 30.5 Å². The largest absolute Gasteiger partial charge is 0.508 e. The van der Waals surface area contributed by atoms with Crippen molar-refractivity contribution in [3.8, 4) is 17.1 Å². The fourth-order valence-corrected chi connectivity index (χ4v) is 1.38. The number of H-pyrrole nitrogens is 1. The summed E-state index contributed by atoms with van der Waals surface area (Å²) in [5, 5.41) is 17.7. The number of aromatic nitrogens is 2. The van der Waals surface area contributed by atoms with Crippen molar-refractivity contribution < 1.29 is 15.0 Å². The number of hydrogen-bond donors (Lipinski definition) is 3. The minimum absolute atomic E-state index is 0.0783. The van der Waals surface area contributed by atoms with Gasteiger partial charge < -0.3 is 15.2 Å². The van der Waals surface area contributed by atoms with Crippen molar-refractivity contribution in [3.63, 3.8) is 0 Å². The van der Waals surface area contributed by atoms with Crippen molar-refractivity contribution in [3.05, 3.63) is 36.2 Å². The number of nitrogens with zero attached hydrogens (tertiary/aromatic N) is 1. The molecule has 0 aliphatic heterocycles. The molecule has 0 aliphatic rings. The molecule has 0 spiro atoms. The van der Waals surface area contributed by atoms with Gasteiger partial charge in [-0.05, 0) is 24.3 Å². The Morgan fingerprint density at radius 3 is 2.62 bits per heavy atom. The van der Waals surface area contributed by atoms with Crippen LogP contribution in [0.3, 0.4) is 0 Å². The lowest BCUT2D eigenvalue weighted by Gasteiger charge is -1.96. The Kier molecular flexibility index (Phi) is 2.59. The molecule has 0 amide bonds. The summed E-state index contributed by atoms with van der Waals surface area (Å²) in [5.41, 5.74) is 1.35. The second-order valence-corrected chi connectivity index (χ2v) is 3.37. The molecule has 1 aromatic heterocycles. The molecule has 0 atom stereocenters. The van der Waals surface area contributed by atoms with Crippen LogP contribution >= 0.6 is 0 Å². The Morgan fingerprint density at radius 2 is 2.00 bits per heavy atom. The van der Waals surface area contributed by atoms with Crippen LogP contribution in [0, 0.1) is 0 Å². The van der Waals surface area contributed by atoms with E-state index >= 15 is 0 Å². The molecular weight excluding hydrogens is 208 g/mol. The number of aromatic amines is 1. The summed E-state index contributed by atoms with van der Waals surface area (Å²) < 4.78 is 0. The molecule has 82 valence electrons. The summed E-state index contributed by atoms with van der Waals surface area (Å²) in [7, 11) is 0. The normalized spacial score (nSPS) is 10.2. The van der Waals surface area contributed by atoms with Gasteiger partial charge in [-0.15, -0.1) is 0 Å². The van der Waals surface area contributed by atoms with Crippen LogP contribution in [0.25, 0.3) is 11.4 Å². The van der Waals surface area contributed by atoms with Crippen LogP contribution < -0.4 is 0 Å². The summed E-state index contributed by atoms with van der Waals surface area (Å²) in [6.45, 7) is 0.